The van der Waals surface area contributed by atoms with Crippen LogP contribution >= 0.6 is 0 Å². The van der Waals surface area contributed by atoms with E-state index in [0.717, 1.165) is 5.56 Å². The van der Waals surface area contributed by atoms with Gasteiger partial charge in [-0.15, -0.1) is 0 Å². The van der Waals surface area contributed by atoms with Crippen molar-refractivity contribution in [3.8, 4) is 11.1 Å². The first-order valence-corrected chi connectivity index (χ1v) is 7.10. The Hall–Kier alpha value is -3.27. The molecule has 0 aromatic heterocycles. The zero-order valence-electron chi connectivity index (χ0n) is 12.2. The minimum absolute atomic E-state index is 0.0338. The lowest BCUT2D eigenvalue weighted by Crippen LogP contribution is -2.04. The average molecular weight is 303 g/mol. The van der Waals surface area contributed by atoms with E-state index in [0.29, 0.717) is 16.7 Å². The Morgan fingerprint density at radius 2 is 1.43 bits per heavy atom. The van der Waals surface area contributed by atoms with Crippen molar-refractivity contribution in [1.82, 2.24) is 0 Å². The molecule has 4 nitrogen and oxygen atoms in total. The van der Waals surface area contributed by atoms with E-state index < -0.39 is 4.92 Å². The second kappa shape index (κ2) is 6.23. The molecule has 3 rings (SSSR count). The molecule has 0 N–H and O–H groups in total. The summed E-state index contributed by atoms with van der Waals surface area (Å²) >= 11 is 0. The molecule has 0 aliphatic heterocycles. The Balaban J connectivity index is 2.17. The summed E-state index contributed by atoms with van der Waals surface area (Å²) in [6.07, 6.45) is 0. The van der Waals surface area contributed by atoms with Gasteiger partial charge in [-0.25, -0.2) is 0 Å². The summed E-state index contributed by atoms with van der Waals surface area (Å²) < 4.78 is 0. The van der Waals surface area contributed by atoms with Crippen LogP contribution in [-0.2, 0) is 0 Å². The van der Waals surface area contributed by atoms with Gasteiger partial charge in [-0.1, -0.05) is 60.7 Å². The van der Waals surface area contributed by atoms with E-state index in [1.165, 1.54) is 18.2 Å². The molecule has 0 unspecified atom stereocenters. The highest BCUT2D eigenvalue weighted by Crippen LogP contribution is 2.29. The molecule has 0 aliphatic carbocycles. The Bertz CT molecular complexity index is 858. The predicted molar refractivity (Wildman–Crippen MR) is 88.4 cm³/mol. The van der Waals surface area contributed by atoms with Gasteiger partial charge in [0.15, 0.2) is 5.78 Å². The lowest BCUT2D eigenvalue weighted by Gasteiger charge is -2.09. The molecule has 0 atom stereocenters. The summed E-state index contributed by atoms with van der Waals surface area (Å²) in [7, 11) is 0. The van der Waals surface area contributed by atoms with Crippen LogP contribution in [0.1, 0.15) is 15.9 Å². The quantitative estimate of drug-likeness (QED) is 0.405. The number of nitro groups is 1. The lowest BCUT2D eigenvalue weighted by molar-refractivity contribution is -0.384. The van der Waals surface area contributed by atoms with Crippen LogP contribution < -0.4 is 0 Å². The maximum absolute atomic E-state index is 12.8. The Morgan fingerprint density at radius 1 is 0.826 bits per heavy atom. The predicted octanol–water partition coefficient (Wildman–Crippen LogP) is 4.49. The highest BCUT2D eigenvalue weighted by atomic mass is 16.6. The van der Waals surface area contributed by atoms with Crippen LogP contribution in [0, 0.1) is 10.1 Å². The molecule has 23 heavy (non-hydrogen) atoms. The zero-order chi connectivity index (χ0) is 16.2. The topological polar surface area (TPSA) is 60.2 Å². The van der Waals surface area contributed by atoms with Gasteiger partial charge in [0.25, 0.3) is 5.69 Å². The van der Waals surface area contributed by atoms with Gasteiger partial charge in [-0.05, 0) is 17.2 Å². The van der Waals surface area contributed by atoms with Crippen molar-refractivity contribution in [2.45, 2.75) is 0 Å². The van der Waals surface area contributed by atoms with Crippen molar-refractivity contribution in [2.75, 3.05) is 0 Å². The third-order valence-electron chi connectivity index (χ3n) is 3.58. The van der Waals surface area contributed by atoms with Crippen LogP contribution in [0.15, 0.2) is 78.9 Å². The van der Waals surface area contributed by atoms with E-state index in [4.69, 9.17) is 0 Å². The number of hydrogen-bond acceptors (Lipinski definition) is 3. The lowest BCUT2D eigenvalue weighted by atomic mass is 9.93. The molecule has 0 aliphatic rings. The zero-order valence-corrected chi connectivity index (χ0v) is 12.2. The van der Waals surface area contributed by atoms with E-state index in [1.807, 2.05) is 36.4 Å². The van der Waals surface area contributed by atoms with Crippen LogP contribution in [0.4, 0.5) is 5.69 Å². The first-order valence-electron chi connectivity index (χ1n) is 7.10. The third-order valence-corrected chi connectivity index (χ3v) is 3.58. The molecule has 4 heteroatoms. The van der Waals surface area contributed by atoms with E-state index in [2.05, 4.69) is 0 Å². The number of benzene rings is 3. The van der Waals surface area contributed by atoms with Gasteiger partial charge in [0.2, 0.25) is 0 Å². The van der Waals surface area contributed by atoms with E-state index in [-0.39, 0.29) is 11.5 Å². The second-order valence-corrected chi connectivity index (χ2v) is 5.05. The van der Waals surface area contributed by atoms with E-state index >= 15 is 0 Å². The van der Waals surface area contributed by atoms with Gasteiger partial charge >= 0.3 is 0 Å². The van der Waals surface area contributed by atoms with Crippen molar-refractivity contribution in [3.63, 3.8) is 0 Å². The molecule has 3 aromatic carbocycles. The van der Waals surface area contributed by atoms with Crippen LogP contribution in [0.5, 0.6) is 0 Å². The normalized spacial score (nSPS) is 10.3. The van der Waals surface area contributed by atoms with Crippen LogP contribution in [-0.4, -0.2) is 10.7 Å². The first kappa shape index (κ1) is 14.7. The molecule has 3 aromatic rings. The van der Waals surface area contributed by atoms with Crippen molar-refractivity contribution in [3.05, 3.63) is 100 Å². The summed E-state index contributed by atoms with van der Waals surface area (Å²) in [5, 5.41) is 11.1. The van der Waals surface area contributed by atoms with Crippen molar-refractivity contribution < 1.29 is 9.72 Å². The summed E-state index contributed by atoms with van der Waals surface area (Å²) in [6.45, 7) is 0. The summed E-state index contributed by atoms with van der Waals surface area (Å²) in [5.74, 6) is -0.153. The summed E-state index contributed by atoms with van der Waals surface area (Å²) in [4.78, 5) is 23.4. The highest BCUT2D eigenvalue weighted by molar-refractivity contribution is 6.13. The molecule has 0 saturated heterocycles. The molecule has 0 spiro atoms. The maximum atomic E-state index is 12.8. The molecular formula is C19H13NO3. The average Bonchev–Trinajstić information content (AvgIpc) is 2.62. The van der Waals surface area contributed by atoms with Gasteiger partial charge in [0.05, 0.1) is 4.92 Å². The monoisotopic (exact) mass is 303 g/mol. The van der Waals surface area contributed by atoms with Crippen LogP contribution in [0.3, 0.4) is 0 Å². The number of nitro benzene ring substituents is 1. The van der Waals surface area contributed by atoms with Gasteiger partial charge in [0, 0.05) is 23.3 Å². The number of rotatable bonds is 4. The highest BCUT2D eigenvalue weighted by Gasteiger charge is 2.18. The van der Waals surface area contributed by atoms with Gasteiger partial charge in [-0.3, -0.25) is 14.9 Å². The fourth-order valence-corrected chi connectivity index (χ4v) is 2.45. The largest absolute Gasteiger partial charge is 0.289 e. The SMILES string of the molecule is O=C(c1ccccc1)c1ccc([N+](=O)[O-])cc1-c1ccccc1. The van der Waals surface area contributed by atoms with Gasteiger partial charge in [-0.2, -0.15) is 0 Å². The molecular weight excluding hydrogens is 290 g/mol. The fraction of sp³-hybridized carbons (Fsp3) is 0. The van der Waals surface area contributed by atoms with Crippen molar-refractivity contribution in [2.24, 2.45) is 0 Å². The summed E-state index contributed by atoms with van der Waals surface area (Å²) in [6, 6.07) is 22.4. The number of nitrogens with zero attached hydrogens (tertiary/aromatic N) is 1. The standard InChI is InChI=1S/C19H13NO3/c21-19(15-9-5-2-6-10-15)17-12-11-16(20(22)23)13-18(17)14-7-3-1-4-8-14/h1-13H. The molecule has 0 saturated carbocycles. The number of ketones is 1. The second-order valence-electron chi connectivity index (χ2n) is 5.05. The minimum Gasteiger partial charge on any atom is -0.289 e. The molecule has 112 valence electrons. The number of carbonyl (C=O) groups excluding carboxylic acids is 1. The summed E-state index contributed by atoms with van der Waals surface area (Å²) in [5.41, 5.74) is 2.31. The van der Waals surface area contributed by atoms with Gasteiger partial charge in [0.1, 0.15) is 0 Å². The molecule has 0 bridgehead atoms. The first-order chi connectivity index (χ1) is 11.2. The smallest absolute Gasteiger partial charge is 0.270 e. The van der Waals surface area contributed by atoms with Crippen LogP contribution in [0.2, 0.25) is 0 Å². The van der Waals surface area contributed by atoms with E-state index in [9.17, 15) is 14.9 Å². The van der Waals surface area contributed by atoms with Gasteiger partial charge < -0.3 is 0 Å². The van der Waals surface area contributed by atoms with Crippen molar-refractivity contribution in [1.29, 1.82) is 0 Å². The van der Waals surface area contributed by atoms with Crippen molar-refractivity contribution >= 4 is 11.5 Å². The molecule has 0 radical (unpaired) electrons. The minimum atomic E-state index is -0.455. The number of non-ortho nitro benzene ring substituents is 1. The third kappa shape index (κ3) is 3.01. The molecule has 0 fully saturated rings. The fourth-order valence-electron chi connectivity index (χ4n) is 2.45. The molecule has 0 heterocycles. The number of carbonyl (C=O) groups is 1. The number of hydrogen-bond donors (Lipinski definition) is 0. The van der Waals surface area contributed by atoms with E-state index in [1.54, 1.807) is 24.3 Å². The van der Waals surface area contributed by atoms with Crippen LogP contribution in [0.25, 0.3) is 11.1 Å². The Morgan fingerprint density at radius 3 is 2.04 bits per heavy atom. The Labute approximate surface area is 133 Å². The Kier molecular flexibility index (Phi) is 3.97. The molecule has 0 amide bonds. The maximum Gasteiger partial charge on any atom is 0.270 e.